The van der Waals surface area contributed by atoms with Gasteiger partial charge in [0.15, 0.2) is 0 Å². The van der Waals surface area contributed by atoms with Gasteiger partial charge in [0.25, 0.3) is 0 Å². The zero-order chi connectivity index (χ0) is 17.1. The molecule has 5 nitrogen and oxygen atoms in total. The van der Waals surface area contributed by atoms with E-state index >= 15 is 0 Å². The smallest absolute Gasteiger partial charge is 0.244 e. The summed E-state index contributed by atoms with van der Waals surface area (Å²) >= 11 is 0. The lowest BCUT2D eigenvalue weighted by Crippen LogP contribution is -2.26. The highest BCUT2D eigenvalue weighted by Crippen LogP contribution is 2.31. The first-order chi connectivity index (χ1) is 11.6. The maximum Gasteiger partial charge on any atom is 0.244 e. The molecule has 1 aromatic carbocycles. The number of piperidine rings is 1. The number of aromatic nitrogens is 2. The number of ether oxygens (including phenoxy) is 1. The van der Waals surface area contributed by atoms with Gasteiger partial charge in [-0.05, 0) is 69.8 Å². The molecule has 1 aliphatic rings. The van der Waals surface area contributed by atoms with Crippen LogP contribution in [0.25, 0.3) is 11.4 Å². The Kier molecular flexibility index (Phi) is 5.19. The molecule has 0 unspecified atom stereocenters. The van der Waals surface area contributed by atoms with Gasteiger partial charge in [0.1, 0.15) is 5.75 Å². The van der Waals surface area contributed by atoms with Gasteiger partial charge < -0.3 is 14.6 Å². The van der Waals surface area contributed by atoms with Crippen LogP contribution in [0, 0.1) is 13.8 Å². The molecule has 2 heterocycles. The largest absolute Gasteiger partial charge is 0.490 e. The molecule has 0 aliphatic carbocycles. The number of rotatable bonds is 5. The van der Waals surface area contributed by atoms with Crippen LogP contribution < -0.4 is 10.1 Å². The van der Waals surface area contributed by atoms with Gasteiger partial charge in [-0.15, -0.1) is 0 Å². The van der Waals surface area contributed by atoms with Crippen LogP contribution in [0.4, 0.5) is 0 Å². The third kappa shape index (κ3) is 3.61. The molecule has 0 spiro atoms. The lowest BCUT2D eigenvalue weighted by atomic mass is 10.0. The van der Waals surface area contributed by atoms with Crippen molar-refractivity contribution in [3.63, 3.8) is 0 Å². The van der Waals surface area contributed by atoms with Crippen molar-refractivity contribution in [2.45, 2.75) is 65.5 Å². The van der Waals surface area contributed by atoms with Gasteiger partial charge in [-0.2, -0.15) is 4.98 Å². The van der Waals surface area contributed by atoms with E-state index in [2.05, 4.69) is 55.3 Å². The van der Waals surface area contributed by atoms with E-state index in [1.165, 1.54) is 12.8 Å². The van der Waals surface area contributed by atoms with Gasteiger partial charge in [-0.1, -0.05) is 18.5 Å². The van der Waals surface area contributed by atoms with Crippen LogP contribution in [-0.2, 0) is 0 Å². The monoisotopic (exact) mass is 329 g/mol. The number of hydrogen-bond acceptors (Lipinski definition) is 5. The Hall–Kier alpha value is -1.88. The highest BCUT2D eigenvalue weighted by molar-refractivity contribution is 5.61. The third-order valence-electron chi connectivity index (χ3n) is 4.66. The van der Waals surface area contributed by atoms with Crippen LogP contribution in [0.3, 0.4) is 0 Å². The molecule has 5 heteroatoms. The molecule has 1 N–H and O–H groups in total. The van der Waals surface area contributed by atoms with Crippen molar-refractivity contribution in [2.24, 2.45) is 0 Å². The molecule has 1 fully saturated rings. The van der Waals surface area contributed by atoms with E-state index in [1.807, 2.05) is 0 Å². The average molecular weight is 329 g/mol. The molecule has 0 radical (unpaired) electrons. The molecular formula is C19H27N3O2. The van der Waals surface area contributed by atoms with E-state index in [0.29, 0.717) is 11.7 Å². The highest BCUT2D eigenvalue weighted by Gasteiger charge is 2.22. The fourth-order valence-electron chi connectivity index (χ4n) is 3.11. The zero-order valence-electron chi connectivity index (χ0n) is 15.1. The molecule has 1 aliphatic heterocycles. The minimum atomic E-state index is 0.190. The van der Waals surface area contributed by atoms with Crippen molar-refractivity contribution in [3.8, 4) is 17.1 Å². The number of hydrogen-bond donors (Lipinski definition) is 1. The molecule has 3 rings (SSSR count). The summed E-state index contributed by atoms with van der Waals surface area (Å²) in [5, 5.41) is 7.63. The summed E-state index contributed by atoms with van der Waals surface area (Å²) in [6.07, 6.45) is 4.68. The molecule has 1 aromatic heterocycles. The molecule has 130 valence electrons. The predicted octanol–water partition coefficient (Wildman–Crippen LogP) is 4.35. The van der Waals surface area contributed by atoms with Gasteiger partial charge >= 0.3 is 0 Å². The second-order valence-corrected chi connectivity index (χ2v) is 6.73. The van der Waals surface area contributed by atoms with Crippen LogP contribution >= 0.6 is 0 Å². The van der Waals surface area contributed by atoms with Gasteiger partial charge in [0, 0.05) is 5.56 Å². The van der Waals surface area contributed by atoms with E-state index < -0.39 is 0 Å². The molecule has 0 saturated carbocycles. The Morgan fingerprint density at radius 1 is 1.29 bits per heavy atom. The quantitative estimate of drug-likeness (QED) is 0.884. The van der Waals surface area contributed by atoms with Gasteiger partial charge in [-0.3, -0.25) is 0 Å². The lowest BCUT2D eigenvalue weighted by Gasteiger charge is -2.19. The van der Waals surface area contributed by atoms with Crippen molar-refractivity contribution < 1.29 is 9.26 Å². The fourth-order valence-corrected chi connectivity index (χ4v) is 3.11. The Labute approximate surface area is 143 Å². The van der Waals surface area contributed by atoms with Crippen molar-refractivity contribution in [2.75, 3.05) is 6.54 Å². The van der Waals surface area contributed by atoms with Crippen LogP contribution in [0.5, 0.6) is 5.75 Å². The summed E-state index contributed by atoms with van der Waals surface area (Å²) in [6, 6.07) is 4.34. The lowest BCUT2D eigenvalue weighted by molar-refractivity contribution is 0.214. The third-order valence-corrected chi connectivity index (χ3v) is 4.66. The summed E-state index contributed by atoms with van der Waals surface area (Å²) in [5.74, 6) is 2.31. The van der Waals surface area contributed by atoms with Crippen molar-refractivity contribution in [3.05, 3.63) is 29.2 Å². The van der Waals surface area contributed by atoms with Crippen LogP contribution in [0.15, 0.2) is 16.7 Å². The van der Waals surface area contributed by atoms with Crippen LogP contribution in [0.1, 0.15) is 62.6 Å². The molecule has 0 bridgehead atoms. The maximum absolute atomic E-state index is 6.04. The summed E-state index contributed by atoms with van der Waals surface area (Å²) in [5.41, 5.74) is 3.19. The Morgan fingerprint density at radius 2 is 2.04 bits per heavy atom. The van der Waals surface area contributed by atoms with Gasteiger partial charge in [-0.25, -0.2) is 0 Å². The standard InChI is InChI=1S/C19H27N3O2/c1-5-14(4)23-17-12(2)10-15(11-13(17)3)18-21-19(24-22-18)16-8-6-7-9-20-16/h10-11,14,16,20H,5-9H2,1-4H3/t14-,16-/m1/s1. The van der Waals surface area contributed by atoms with Crippen molar-refractivity contribution >= 4 is 0 Å². The Bertz CT molecular complexity index is 667. The SMILES string of the molecule is CC[C@@H](C)Oc1c(C)cc(-c2noc([C@H]3CCCCN3)n2)cc1C. The fraction of sp³-hybridized carbons (Fsp3) is 0.579. The topological polar surface area (TPSA) is 60.2 Å². The van der Waals surface area contributed by atoms with Gasteiger partial charge in [0.2, 0.25) is 11.7 Å². The number of nitrogens with zero attached hydrogens (tertiary/aromatic N) is 2. The molecule has 2 aromatic rings. The van der Waals surface area contributed by atoms with E-state index in [1.54, 1.807) is 0 Å². The Morgan fingerprint density at radius 3 is 2.67 bits per heavy atom. The molecule has 0 amide bonds. The molecule has 1 saturated heterocycles. The van der Waals surface area contributed by atoms with Crippen LogP contribution in [0.2, 0.25) is 0 Å². The first-order valence-electron chi connectivity index (χ1n) is 8.93. The predicted molar refractivity (Wildman–Crippen MR) is 94.2 cm³/mol. The van der Waals surface area contributed by atoms with Crippen molar-refractivity contribution in [1.29, 1.82) is 0 Å². The summed E-state index contributed by atoms with van der Waals surface area (Å²) < 4.78 is 11.5. The Balaban J connectivity index is 1.83. The van der Waals surface area contributed by atoms with Crippen LogP contribution in [-0.4, -0.2) is 22.8 Å². The summed E-state index contributed by atoms with van der Waals surface area (Å²) in [7, 11) is 0. The zero-order valence-corrected chi connectivity index (χ0v) is 15.1. The van der Waals surface area contributed by atoms with E-state index in [0.717, 1.165) is 41.8 Å². The second kappa shape index (κ2) is 7.34. The van der Waals surface area contributed by atoms with E-state index in [-0.39, 0.29) is 12.1 Å². The van der Waals surface area contributed by atoms with Crippen molar-refractivity contribution in [1.82, 2.24) is 15.5 Å². The number of nitrogens with one attached hydrogen (secondary N) is 1. The number of benzene rings is 1. The number of aryl methyl sites for hydroxylation is 2. The minimum Gasteiger partial charge on any atom is -0.490 e. The van der Waals surface area contributed by atoms with E-state index in [4.69, 9.17) is 9.26 Å². The normalized spacial score (nSPS) is 19.2. The highest BCUT2D eigenvalue weighted by atomic mass is 16.5. The minimum absolute atomic E-state index is 0.190. The summed E-state index contributed by atoms with van der Waals surface area (Å²) in [6.45, 7) is 9.37. The average Bonchev–Trinajstić information content (AvgIpc) is 3.08. The first kappa shape index (κ1) is 17.0. The molecule has 24 heavy (non-hydrogen) atoms. The molecular weight excluding hydrogens is 302 g/mol. The second-order valence-electron chi connectivity index (χ2n) is 6.73. The van der Waals surface area contributed by atoms with E-state index in [9.17, 15) is 0 Å². The van der Waals surface area contributed by atoms with Gasteiger partial charge in [0.05, 0.1) is 12.1 Å². The maximum atomic E-state index is 6.04. The first-order valence-corrected chi connectivity index (χ1v) is 8.93. The molecule has 2 atom stereocenters. The summed E-state index contributed by atoms with van der Waals surface area (Å²) in [4.78, 5) is 4.61.